The van der Waals surface area contributed by atoms with E-state index in [9.17, 15) is 0 Å². The van der Waals surface area contributed by atoms with Crippen LogP contribution < -0.4 is 0 Å². The SMILES string of the molecule is CCc1ccccc1C=C(CBr)C(C)C. The van der Waals surface area contributed by atoms with Gasteiger partial charge >= 0.3 is 0 Å². The molecule has 0 saturated carbocycles. The highest BCUT2D eigenvalue weighted by Crippen LogP contribution is 2.19. The molecule has 0 aliphatic heterocycles. The number of aryl methyl sites for hydroxylation is 1. The van der Waals surface area contributed by atoms with Crippen molar-refractivity contribution >= 4 is 22.0 Å². The zero-order valence-corrected chi connectivity index (χ0v) is 11.3. The van der Waals surface area contributed by atoms with Crippen LogP contribution in [0.25, 0.3) is 6.08 Å². The van der Waals surface area contributed by atoms with Gasteiger partial charge in [0.1, 0.15) is 0 Å². The van der Waals surface area contributed by atoms with Gasteiger partial charge in [-0.3, -0.25) is 0 Å². The molecule has 0 aromatic heterocycles. The van der Waals surface area contributed by atoms with E-state index < -0.39 is 0 Å². The molecule has 15 heavy (non-hydrogen) atoms. The van der Waals surface area contributed by atoms with Crippen LogP contribution in [0, 0.1) is 5.92 Å². The van der Waals surface area contributed by atoms with E-state index in [1.54, 1.807) is 0 Å². The Hall–Kier alpha value is -0.560. The Kier molecular flexibility index (Phi) is 5.10. The fraction of sp³-hybridized carbons (Fsp3) is 0.429. The molecule has 0 N–H and O–H groups in total. The molecule has 1 aromatic carbocycles. The summed E-state index contributed by atoms with van der Waals surface area (Å²) < 4.78 is 0. The van der Waals surface area contributed by atoms with E-state index >= 15 is 0 Å². The first-order valence-corrected chi connectivity index (χ1v) is 6.65. The topological polar surface area (TPSA) is 0 Å². The summed E-state index contributed by atoms with van der Waals surface area (Å²) in [6.45, 7) is 6.68. The molecule has 1 aromatic rings. The minimum atomic E-state index is 0.606. The summed E-state index contributed by atoms with van der Waals surface area (Å²) >= 11 is 3.55. The van der Waals surface area contributed by atoms with Gasteiger partial charge in [-0.05, 0) is 23.5 Å². The number of hydrogen-bond donors (Lipinski definition) is 0. The largest absolute Gasteiger partial charge is 0.0880 e. The third kappa shape index (κ3) is 3.49. The summed E-state index contributed by atoms with van der Waals surface area (Å²) in [5, 5.41) is 0.961. The molecule has 1 heteroatoms. The summed E-state index contributed by atoms with van der Waals surface area (Å²) in [5.74, 6) is 0.606. The molecule has 0 bridgehead atoms. The Morgan fingerprint density at radius 1 is 1.33 bits per heavy atom. The van der Waals surface area contributed by atoms with Crippen LogP contribution in [-0.4, -0.2) is 5.33 Å². The number of alkyl halides is 1. The normalized spacial score (nSPS) is 12.2. The summed E-state index contributed by atoms with van der Waals surface area (Å²) in [6.07, 6.45) is 3.42. The maximum absolute atomic E-state index is 3.55. The molecular weight excluding hydrogens is 248 g/mol. The van der Waals surface area contributed by atoms with Crippen molar-refractivity contribution in [2.24, 2.45) is 5.92 Å². The second-order valence-electron chi connectivity index (χ2n) is 4.06. The highest BCUT2D eigenvalue weighted by atomic mass is 79.9. The van der Waals surface area contributed by atoms with Gasteiger partial charge in [0.05, 0.1) is 0 Å². The zero-order valence-electron chi connectivity index (χ0n) is 9.76. The average molecular weight is 267 g/mol. The molecular formula is C14H19Br. The van der Waals surface area contributed by atoms with Crippen LogP contribution in [0.4, 0.5) is 0 Å². The number of allylic oxidation sites excluding steroid dienone is 1. The van der Waals surface area contributed by atoms with Crippen molar-refractivity contribution < 1.29 is 0 Å². The van der Waals surface area contributed by atoms with E-state index in [2.05, 4.69) is 67.0 Å². The van der Waals surface area contributed by atoms with Crippen LogP contribution in [0.1, 0.15) is 31.9 Å². The summed E-state index contributed by atoms with van der Waals surface area (Å²) in [7, 11) is 0. The van der Waals surface area contributed by atoms with Gasteiger partial charge in [0.15, 0.2) is 0 Å². The van der Waals surface area contributed by atoms with E-state index in [1.165, 1.54) is 16.7 Å². The Labute approximate surface area is 102 Å². The molecule has 0 nitrogen and oxygen atoms in total. The van der Waals surface area contributed by atoms with E-state index in [1.807, 2.05) is 0 Å². The van der Waals surface area contributed by atoms with Crippen LogP contribution in [0.15, 0.2) is 29.8 Å². The Morgan fingerprint density at radius 2 is 2.00 bits per heavy atom. The molecule has 82 valence electrons. The van der Waals surface area contributed by atoms with Gasteiger partial charge in [-0.2, -0.15) is 0 Å². The summed E-state index contributed by atoms with van der Waals surface area (Å²) in [6, 6.07) is 8.62. The monoisotopic (exact) mass is 266 g/mol. The first-order chi connectivity index (χ1) is 7.19. The van der Waals surface area contributed by atoms with Crippen molar-refractivity contribution in [3.63, 3.8) is 0 Å². The smallest absolute Gasteiger partial charge is 0.0247 e. The van der Waals surface area contributed by atoms with Crippen molar-refractivity contribution in [3.8, 4) is 0 Å². The molecule has 0 fully saturated rings. The maximum atomic E-state index is 3.55. The fourth-order valence-electron chi connectivity index (χ4n) is 1.56. The molecule has 0 spiro atoms. The highest BCUT2D eigenvalue weighted by molar-refractivity contribution is 9.09. The summed E-state index contributed by atoms with van der Waals surface area (Å²) in [5.41, 5.74) is 4.25. The lowest BCUT2D eigenvalue weighted by Crippen LogP contribution is -1.96. The van der Waals surface area contributed by atoms with E-state index in [0.717, 1.165) is 11.8 Å². The van der Waals surface area contributed by atoms with Crippen LogP contribution in [0.2, 0.25) is 0 Å². The molecule has 1 rings (SSSR count). The number of rotatable bonds is 4. The van der Waals surface area contributed by atoms with Gasteiger partial charge in [0, 0.05) is 5.33 Å². The second kappa shape index (κ2) is 6.12. The second-order valence-corrected chi connectivity index (χ2v) is 4.62. The molecule has 0 aliphatic rings. The van der Waals surface area contributed by atoms with E-state index in [-0.39, 0.29) is 0 Å². The van der Waals surface area contributed by atoms with Crippen molar-refractivity contribution in [2.45, 2.75) is 27.2 Å². The van der Waals surface area contributed by atoms with Crippen LogP contribution in [0.5, 0.6) is 0 Å². The van der Waals surface area contributed by atoms with Crippen LogP contribution >= 0.6 is 15.9 Å². The first kappa shape index (κ1) is 12.5. The van der Waals surface area contributed by atoms with Gasteiger partial charge in [-0.15, -0.1) is 0 Å². The van der Waals surface area contributed by atoms with Crippen LogP contribution in [-0.2, 0) is 6.42 Å². The quantitative estimate of drug-likeness (QED) is 0.694. The first-order valence-electron chi connectivity index (χ1n) is 5.53. The number of hydrogen-bond acceptors (Lipinski definition) is 0. The van der Waals surface area contributed by atoms with Crippen molar-refractivity contribution in [3.05, 3.63) is 41.0 Å². The summed E-state index contributed by atoms with van der Waals surface area (Å²) in [4.78, 5) is 0. The minimum Gasteiger partial charge on any atom is -0.0880 e. The van der Waals surface area contributed by atoms with E-state index in [4.69, 9.17) is 0 Å². The van der Waals surface area contributed by atoms with Crippen molar-refractivity contribution in [1.82, 2.24) is 0 Å². The standard InChI is InChI=1S/C14H19Br/c1-4-12-7-5-6-8-13(12)9-14(10-15)11(2)3/h5-9,11H,4,10H2,1-3H3. The zero-order chi connectivity index (χ0) is 11.3. The number of halogens is 1. The maximum Gasteiger partial charge on any atom is 0.0247 e. The fourth-order valence-corrected chi connectivity index (χ4v) is 2.37. The van der Waals surface area contributed by atoms with Gasteiger partial charge < -0.3 is 0 Å². The van der Waals surface area contributed by atoms with Gasteiger partial charge in [-0.1, -0.05) is 72.6 Å². The molecule has 0 saturated heterocycles. The predicted octanol–water partition coefficient (Wildman–Crippen LogP) is 4.68. The molecule has 0 radical (unpaired) electrons. The van der Waals surface area contributed by atoms with Gasteiger partial charge in [0.25, 0.3) is 0 Å². The molecule has 0 aliphatic carbocycles. The van der Waals surface area contributed by atoms with Crippen molar-refractivity contribution in [2.75, 3.05) is 5.33 Å². The molecule has 0 atom stereocenters. The predicted molar refractivity (Wildman–Crippen MR) is 72.4 cm³/mol. The minimum absolute atomic E-state index is 0.606. The van der Waals surface area contributed by atoms with Gasteiger partial charge in [0.2, 0.25) is 0 Å². The molecule has 0 unspecified atom stereocenters. The van der Waals surface area contributed by atoms with Crippen molar-refractivity contribution in [1.29, 1.82) is 0 Å². The lowest BCUT2D eigenvalue weighted by atomic mass is 9.98. The highest BCUT2D eigenvalue weighted by Gasteiger charge is 2.03. The average Bonchev–Trinajstić information content (AvgIpc) is 2.25. The lowest BCUT2D eigenvalue weighted by molar-refractivity contribution is 0.780. The van der Waals surface area contributed by atoms with E-state index in [0.29, 0.717) is 5.92 Å². The van der Waals surface area contributed by atoms with Crippen LogP contribution in [0.3, 0.4) is 0 Å². The third-order valence-corrected chi connectivity index (χ3v) is 3.32. The Morgan fingerprint density at radius 3 is 2.53 bits per heavy atom. The lowest BCUT2D eigenvalue weighted by Gasteiger charge is -2.10. The Bertz CT molecular complexity index is 337. The Balaban J connectivity index is 3.05. The molecule has 0 heterocycles. The van der Waals surface area contributed by atoms with Gasteiger partial charge in [-0.25, -0.2) is 0 Å². The number of benzene rings is 1. The third-order valence-electron chi connectivity index (χ3n) is 2.67. The molecule has 0 amide bonds.